The molecule has 1 aromatic rings. The third-order valence-corrected chi connectivity index (χ3v) is 3.66. The van der Waals surface area contributed by atoms with Gasteiger partial charge in [-0.25, -0.2) is 0 Å². The molecule has 1 atom stereocenters. The third-order valence-electron chi connectivity index (χ3n) is 3.66. The van der Waals surface area contributed by atoms with Crippen LogP contribution in [-0.4, -0.2) is 25.3 Å². The number of rotatable bonds is 3. The average molecular weight is 300 g/mol. The van der Waals surface area contributed by atoms with E-state index in [1.807, 2.05) is 0 Å². The Morgan fingerprint density at radius 1 is 1.38 bits per heavy atom. The van der Waals surface area contributed by atoms with Crippen molar-refractivity contribution in [1.29, 1.82) is 0 Å². The number of amides is 1. The van der Waals surface area contributed by atoms with Crippen molar-refractivity contribution >= 4 is 17.9 Å². The van der Waals surface area contributed by atoms with Crippen molar-refractivity contribution in [2.24, 2.45) is 11.7 Å². The fourth-order valence-corrected chi connectivity index (χ4v) is 2.53. The second-order valence-electron chi connectivity index (χ2n) is 5.07. The molecule has 7 heteroatoms. The second-order valence-corrected chi connectivity index (χ2v) is 5.07. The highest BCUT2D eigenvalue weighted by Gasteiger charge is 2.34. The van der Waals surface area contributed by atoms with Crippen molar-refractivity contribution in [3.05, 3.63) is 29.3 Å². The highest BCUT2D eigenvalue weighted by Crippen LogP contribution is 2.35. The standard InChI is InChI=1S/C14H15F3N2O2/c15-14(16,17)12-6-11(4-3-10(12)8-20)19-5-1-2-9(7-19)13(18)21/h3-4,6,8-9H,1-2,5,7H2,(H2,18,21). The number of hydrogen-bond acceptors (Lipinski definition) is 3. The van der Waals surface area contributed by atoms with Crippen LogP contribution in [0.25, 0.3) is 0 Å². The molecule has 0 bridgehead atoms. The first-order valence-electron chi connectivity index (χ1n) is 6.53. The summed E-state index contributed by atoms with van der Waals surface area (Å²) < 4.78 is 38.8. The third kappa shape index (κ3) is 3.34. The largest absolute Gasteiger partial charge is 0.417 e. The molecule has 4 nitrogen and oxygen atoms in total. The molecule has 0 spiro atoms. The zero-order valence-corrected chi connectivity index (χ0v) is 11.2. The Labute approximate surface area is 119 Å². The zero-order chi connectivity index (χ0) is 15.6. The normalized spacial score (nSPS) is 19.4. The Morgan fingerprint density at radius 2 is 2.10 bits per heavy atom. The molecule has 0 aliphatic carbocycles. The van der Waals surface area contributed by atoms with Crippen LogP contribution in [-0.2, 0) is 11.0 Å². The number of piperidine rings is 1. The molecule has 0 aromatic heterocycles. The summed E-state index contributed by atoms with van der Waals surface area (Å²) in [5, 5.41) is 0. The maximum absolute atomic E-state index is 12.9. The molecule has 1 aliphatic rings. The van der Waals surface area contributed by atoms with E-state index >= 15 is 0 Å². The Bertz CT molecular complexity index is 558. The molecule has 1 aromatic carbocycles. The van der Waals surface area contributed by atoms with Gasteiger partial charge < -0.3 is 10.6 Å². The van der Waals surface area contributed by atoms with E-state index in [9.17, 15) is 22.8 Å². The number of benzene rings is 1. The molecule has 1 amide bonds. The smallest absolute Gasteiger partial charge is 0.371 e. The van der Waals surface area contributed by atoms with Crippen LogP contribution in [0.4, 0.5) is 18.9 Å². The van der Waals surface area contributed by atoms with Gasteiger partial charge in [0.2, 0.25) is 5.91 Å². The number of nitrogens with two attached hydrogens (primary N) is 1. The minimum absolute atomic E-state index is 0.190. The maximum atomic E-state index is 12.9. The summed E-state index contributed by atoms with van der Waals surface area (Å²) in [5.41, 5.74) is 4.25. The van der Waals surface area contributed by atoms with Gasteiger partial charge in [-0.2, -0.15) is 13.2 Å². The van der Waals surface area contributed by atoms with Gasteiger partial charge in [0.25, 0.3) is 0 Å². The van der Waals surface area contributed by atoms with Crippen molar-refractivity contribution in [1.82, 2.24) is 0 Å². The van der Waals surface area contributed by atoms with E-state index in [0.717, 1.165) is 12.1 Å². The van der Waals surface area contributed by atoms with Crippen LogP contribution in [0, 0.1) is 5.92 Å². The minimum atomic E-state index is -4.59. The number of halogens is 3. The fourth-order valence-electron chi connectivity index (χ4n) is 2.53. The van der Waals surface area contributed by atoms with Crippen LogP contribution in [0.15, 0.2) is 18.2 Å². The fraction of sp³-hybridized carbons (Fsp3) is 0.429. The van der Waals surface area contributed by atoms with E-state index in [4.69, 9.17) is 5.73 Å². The number of primary amides is 1. The number of anilines is 1. The first-order chi connectivity index (χ1) is 9.82. The van der Waals surface area contributed by atoms with Crippen molar-refractivity contribution in [2.75, 3.05) is 18.0 Å². The molecule has 0 saturated carbocycles. The van der Waals surface area contributed by atoms with E-state index in [2.05, 4.69) is 0 Å². The molecule has 1 fully saturated rings. The summed E-state index contributed by atoms with van der Waals surface area (Å²) in [7, 11) is 0. The molecule has 2 rings (SSSR count). The molecule has 0 radical (unpaired) electrons. The lowest BCUT2D eigenvalue weighted by Crippen LogP contribution is -2.41. The number of hydrogen-bond donors (Lipinski definition) is 1. The topological polar surface area (TPSA) is 63.4 Å². The van der Waals surface area contributed by atoms with E-state index < -0.39 is 23.2 Å². The molecule has 21 heavy (non-hydrogen) atoms. The predicted molar refractivity (Wildman–Crippen MR) is 71.0 cm³/mol. The quantitative estimate of drug-likeness (QED) is 0.871. The second kappa shape index (κ2) is 5.75. The van der Waals surface area contributed by atoms with Crippen LogP contribution in [0.5, 0.6) is 0 Å². The van der Waals surface area contributed by atoms with Gasteiger partial charge in [-0.1, -0.05) is 0 Å². The number of carbonyl (C=O) groups is 2. The molecule has 114 valence electrons. The number of nitrogens with zero attached hydrogens (tertiary/aromatic N) is 1. The highest BCUT2D eigenvalue weighted by molar-refractivity contribution is 5.80. The average Bonchev–Trinajstić information content (AvgIpc) is 2.45. The molecule has 1 saturated heterocycles. The monoisotopic (exact) mass is 300 g/mol. The van der Waals surface area contributed by atoms with Crippen LogP contribution < -0.4 is 10.6 Å². The van der Waals surface area contributed by atoms with Crippen LogP contribution in [0.3, 0.4) is 0 Å². The summed E-state index contributed by atoms with van der Waals surface area (Å²) in [6.45, 7) is 0.856. The highest BCUT2D eigenvalue weighted by atomic mass is 19.4. The zero-order valence-electron chi connectivity index (χ0n) is 11.2. The summed E-state index contributed by atoms with van der Waals surface area (Å²) in [5.74, 6) is -0.806. The molecular formula is C14H15F3N2O2. The Balaban J connectivity index is 2.32. The van der Waals surface area contributed by atoms with Crippen molar-refractivity contribution < 1.29 is 22.8 Å². The van der Waals surface area contributed by atoms with Crippen LogP contribution in [0.2, 0.25) is 0 Å². The van der Waals surface area contributed by atoms with Gasteiger partial charge in [-0.05, 0) is 31.0 Å². The SMILES string of the molecule is NC(=O)C1CCCN(c2ccc(C=O)c(C(F)(F)F)c2)C1. The van der Waals surface area contributed by atoms with E-state index in [1.54, 1.807) is 4.90 Å². The van der Waals surface area contributed by atoms with Crippen molar-refractivity contribution in [3.63, 3.8) is 0 Å². The molecule has 2 N–H and O–H groups in total. The number of aldehydes is 1. The summed E-state index contributed by atoms with van der Waals surface area (Å²) in [6, 6.07) is 3.56. The molecule has 1 aliphatic heterocycles. The lowest BCUT2D eigenvalue weighted by Gasteiger charge is -2.33. The summed E-state index contributed by atoms with van der Waals surface area (Å²) in [6.07, 6.45) is -3.07. The van der Waals surface area contributed by atoms with Crippen LogP contribution in [0.1, 0.15) is 28.8 Å². The van der Waals surface area contributed by atoms with Gasteiger partial charge in [-0.15, -0.1) is 0 Å². The van der Waals surface area contributed by atoms with E-state index in [0.29, 0.717) is 31.6 Å². The lowest BCUT2D eigenvalue weighted by molar-refractivity contribution is -0.137. The Kier molecular flexibility index (Phi) is 4.20. The minimum Gasteiger partial charge on any atom is -0.371 e. The number of alkyl halides is 3. The van der Waals surface area contributed by atoms with Gasteiger partial charge in [0.05, 0.1) is 11.5 Å². The van der Waals surface area contributed by atoms with Crippen molar-refractivity contribution in [3.8, 4) is 0 Å². The molecular weight excluding hydrogens is 285 g/mol. The van der Waals surface area contributed by atoms with Crippen LogP contribution >= 0.6 is 0 Å². The van der Waals surface area contributed by atoms with Gasteiger partial charge in [-0.3, -0.25) is 9.59 Å². The predicted octanol–water partition coefficient (Wildman–Crippen LogP) is 2.22. The van der Waals surface area contributed by atoms with Gasteiger partial charge in [0.15, 0.2) is 6.29 Å². The Hall–Kier alpha value is -2.05. The lowest BCUT2D eigenvalue weighted by atomic mass is 9.96. The Morgan fingerprint density at radius 3 is 2.67 bits per heavy atom. The molecule has 1 heterocycles. The first-order valence-corrected chi connectivity index (χ1v) is 6.53. The van der Waals surface area contributed by atoms with Gasteiger partial charge >= 0.3 is 6.18 Å². The first kappa shape index (κ1) is 15.3. The number of carbonyl (C=O) groups excluding carboxylic acids is 2. The van der Waals surface area contributed by atoms with Gasteiger partial charge in [0.1, 0.15) is 0 Å². The van der Waals surface area contributed by atoms with E-state index in [-0.39, 0.29) is 12.2 Å². The maximum Gasteiger partial charge on any atom is 0.417 e. The summed E-state index contributed by atoms with van der Waals surface area (Å²) in [4.78, 5) is 23.7. The summed E-state index contributed by atoms with van der Waals surface area (Å²) >= 11 is 0. The molecule has 1 unspecified atom stereocenters. The van der Waals surface area contributed by atoms with Gasteiger partial charge in [0, 0.05) is 24.3 Å². The van der Waals surface area contributed by atoms with Crippen molar-refractivity contribution in [2.45, 2.75) is 19.0 Å². The van der Waals surface area contributed by atoms with E-state index in [1.165, 1.54) is 6.07 Å².